The Kier molecular flexibility index (Phi) is 6.91. The van der Waals surface area contributed by atoms with E-state index in [2.05, 4.69) is 21.2 Å². The van der Waals surface area contributed by atoms with Crippen LogP contribution >= 0.6 is 15.9 Å². The highest BCUT2D eigenvalue weighted by Gasteiger charge is 2.20. The van der Waals surface area contributed by atoms with E-state index in [0.29, 0.717) is 13.0 Å². The average molecular weight is 342 g/mol. The van der Waals surface area contributed by atoms with Crippen molar-refractivity contribution in [3.05, 3.63) is 40.4 Å². The van der Waals surface area contributed by atoms with Gasteiger partial charge in [0.1, 0.15) is 0 Å². The first-order chi connectivity index (χ1) is 9.43. The lowest BCUT2D eigenvalue weighted by atomic mass is 10.0. The minimum Gasteiger partial charge on any atom is -0.388 e. The van der Waals surface area contributed by atoms with Crippen molar-refractivity contribution in [1.29, 1.82) is 0 Å². The van der Waals surface area contributed by atoms with Gasteiger partial charge in [0.25, 0.3) is 0 Å². The molecule has 0 aliphatic heterocycles. The zero-order valence-corrected chi connectivity index (χ0v) is 13.3. The van der Waals surface area contributed by atoms with Crippen molar-refractivity contribution in [3.63, 3.8) is 0 Å². The smallest absolute Gasteiger partial charge is 0.244 e. The van der Waals surface area contributed by atoms with Crippen LogP contribution in [-0.2, 0) is 9.53 Å². The summed E-state index contributed by atoms with van der Waals surface area (Å²) >= 11 is 3.37. The minimum atomic E-state index is -0.963. The van der Waals surface area contributed by atoms with Crippen LogP contribution in [0.4, 0.5) is 0 Å². The van der Waals surface area contributed by atoms with Crippen LogP contribution in [0.15, 0.2) is 34.8 Å². The standard InChI is InChI=1S/C15H20BrNO3/c1-15(19,8-9-20-2)11-17-14(18)7-6-12-4-3-5-13(16)10-12/h3-7,10,19H,8-9,11H2,1-2H3,(H,17,18)/b7-6+. The molecule has 0 aliphatic rings. The fourth-order valence-corrected chi connectivity index (χ4v) is 1.95. The van der Waals surface area contributed by atoms with E-state index in [1.807, 2.05) is 24.3 Å². The highest BCUT2D eigenvalue weighted by molar-refractivity contribution is 9.10. The van der Waals surface area contributed by atoms with Gasteiger partial charge in [0.15, 0.2) is 0 Å². The third-order valence-corrected chi connectivity index (χ3v) is 3.26. The van der Waals surface area contributed by atoms with E-state index in [4.69, 9.17) is 4.74 Å². The van der Waals surface area contributed by atoms with E-state index in [9.17, 15) is 9.90 Å². The van der Waals surface area contributed by atoms with Gasteiger partial charge in [-0.3, -0.25) is 4.79 Å². The Bertz CT molecular complexity index is 472. The maximum Gasteiger partial charge on any atom is 0.244 e. The first-order valence-corrected chi connectivity index (χ1v) is 7.15. The summed E-state index contributed by atoms with van der Waals surface area (Å²) in [5, 5.41) is 12.7. The Hall–Kier alpha value is -1.17. The normalized spacial score (nSPS) is 14.2. The molecule has 1 rings (SSSR count). The third-order valence-electron chi connectivity index (χ3n) is 2.76. The summed E-state index contributed by atoms with van der Waals surface area (Å²) in [6.45, 7) is 2.32. The third kappa shape index (κ3) is 6.84. The number of hydrogen-bond acceptors (Lipinski definition) is 3. The number of amides is 1. The molecule has 1 unspecified atom stereocenters. The molecule has 1 atom stereocenters. The van der Waals surface area contributed by atoms with Crippen LogP contribution in [0, 0.1) is 0 Å². The molecule has 4 nitrogen and oxygen atoms in total. The van der Waals surface area contributed by atoms with Crippen molar-refractivity contribution in [2.24, 2.45) is 0 Å². The van der Waals surface area contributed by atoms with Gasteiger partial charge in [-0.05, 0) is 30.7 Å². The number of carbonyl (C=O) groups is 1. The molecule has 20 heavy (non-hydrogen) atoms. The van der Waals surface area contributed by atoms with Crippen molar-refractivity contribution < 1.29 is 14.6 Å². The molecule has 1 aromatic carbocycles. The summed E-state index contributed by atoms with van der Waals surface area (Å²) in [4.78, 5) is 11.7. The van der Waals surface area contributed by atoms with E-state index in [0.717, 1.165) is 10.0 Å². The van der Waals surface area contributed by atoms with E-state index in [-0.39, 0.29) is 12.5 Å². The molecule has 0 radical (unpaired) electrons. The van der Waals surface area contributed by atoms with Crippen molar-refractivity contribution in [3.8, 4) is 0 Å². The second-order valence-electron chi connectivity index (χ2n) is 4.85. The fraction of sp³-hybridized carbons (Fsp3) is 0.400. The quantitative estimate of drug-likeness (QED) is 0.748. The van der Waals surface area contributed by atoms with Crippen LogP contribution in [0.1, 0.15) is 18.9 Å². The molecule has 0 spiro atoms. The lowest BCUT2D eigenvalue weighted by Gasteiger charge is -2.22. The van der Waals surface area contributed by atoms with Crippen LogP contribution in [0.2, 0.25) is 0 Å². The van der Waals surface area contributed by atoms with Crippen molar-refractivity contribution in [2.45, 2.75) is 18.9 Å². The van der Waals surface area contributed by atoms with Gasteiger partial charge >= 0.3 is 0 Å². The first kappa shape index (κ1) is 16.9. The molecule has 0 saturated carbocycles. The Morgan fingerprint density at radius 1 is 1.55 bits per heavy atom. The van der Waals surface area contributed by atoms with E-state index in [1.165, 1.54) is 6.08 Å². The van der Waals surface area contributed by atoms with Crippen LogP contribution in [0.3, 0.4) is 0 Å². The Morgan fingerprint density at radius 3 is 2.95 bits per heavy atom. The number of rotatable bonds is 7. The van der Waals surface area contributed by atoms with Crippen LogP contribution in [0.5, 0.6) is 0 Å². The molecule has 0 heterocycles. The average Bonchev–Trinajstić information content (AvgIpc) is 2.41. The van der Waals surface area contributed by atoms with E-state index >= 15 is 0 Å². The van der Waals surface area contributed by atoms with E-state index < -0.39 is 5.60 Å². The summed E-state index contributed by atoms with van der Waals surface area (Å²) in [7, 11) is 1.58. The highest BCUT2D eigenvalue weighted by atomic mass is 79.9. The maximum atomic E-state index is 11.7. The van der Waals surface area contributed by atoms with Crippen molar-refractivity contribution in [1.82, 2.24) is 5.32 Å². The Morgan fingerprint density at radius 2 is 2.30 bits per heavy atom. The number of ether oxygens (including phenoxy) is 1. The summed E-state index contributed by atoms with van der Waals surface area (Å²) in [5.41, 5.74) is -0.0318. The van der Waals surface area contributed by atoms with Crippen molar-refractivity contribution >= 4 is 27.9 Å². The molecule has 0 saturated heterocycles. The van der Waals surface area contributed by atoms with Gasteiger partial charge in [-0.15, -0.1) is 0 Å². The molecule has 110 valence electrons. The van der Waals surface area contributed by atoms with Gasteiger partial charge in [0, 0.05) is 37.2 Å². The summed E-state index contributed by atoms with van der Waals surface area (Å²) < 4.78 is 5.87. The highest BCUT2D eigenvalue weighted by Crippen LogP contribution is 2.12. The molecule has 1 aromatic rings. The molecular formula is C15H20BrNO3. The molecule has 2 N–H and O–H groups in total. The zero-order chi connectivity index (χ0) is 15.0. The van der Waals surface area contributed by atoms with Gasteiger partial charge < -0.3 is 15.2 Å². The second kappa shape index (κ2) is 8.19. The topological polar surface area (TPSA) is 58.6 Å². The molecule has 0 bridgehead atoms. The largest absolute Gasteiger partial charge is 0.388 e. The molecule has 0 aromatic heterocycles. The predicted molar refractivity (Wildman–Crippen MR) is 83.3 cm³/mol. The zero-order valence-electron chi connectivity index (χ0n) is 11.7. The SMILES string of the molecule is COCCC(C)(O)CNC(=O)/C=C/c1cccc(Br)c1. The number of halogens is 1. The summed E-state index contributed by atoms with van der Waals surface area (Å²) in [6.07, 6.45) is 3.65. The number of benzene rings is 1. The van der Waals surface area contributed by atoms with Gasteiger partial charge in [-0.1, -0.05) is 28.1 Å². The minimum absolute atomic E-state index is 0.192. The van der Waals surface area contributed by atoms with Crippen LogP contribution in [-0.4, -0.2) is 36.9 Å². The van der Waals surface area contributed by atoms with Gasteiger partial charge in [-0.2, -0.15) is 0 Å². The van der Waals surface area contributed by atoms with Crippen molar-refractivity contribution in [2.75, 3.05) is 20.3 Å². The van der Waals surface area contributed by atoms with Gasteiger partial charge in [0.2, 0.25) is 5.91 Å². The number of methoxy groups -OCH3 is 1. The molecular weight excluding hydrogens is 322 g/mol. The molecule has 5 heteroatoms. The molecule has 0 fully saturated rings. The number of nitrogens with one attached hydrogen (secondary N) is 1. The van der Waals surface area contributed by atoms with Gasteiger partial charge in [0.05, 0.1) is 5.60 Å². The maximum absolute atomic E-state index is 11.7. The van der Waals surface area contributed by atoms with Gasteiger partial charge in [-0.25, -0.2) is 0 Å². The lowest BCUT2D eigenvalue weighted by Crippen LogP contribution is -2.40. The first-order valence-electron chi connectivity index (χ1n) is 6.36. The number of hydrogen-bond donors (Lipinski definition) is 2. The fourth-order valence-electron chi connectivity index (χ4n) is 1.53. The monoisotopic (exact) mass is 341 g/mol. The number of aliphatic hydroxyl groups is 1. The predicted octanol–water partition coefficient (Wildman–Crippen LogP) is 2.37. The molecule has 0 aliphatic carbocycles. The Labute approximate surface area is 128 Å². The number of carbonyl (C=O) groups excluding carboxylic acids is 1. The van der Waals surface area contributed by atoms with E-state index in [1.54, 1.807) is 20.1 Å². The summed E-state index contributed by atoms with van der Waals surface area (Å²) in [6, 6.07) is 7.64. The Balaban J connectivity index is 2.44. The molecule has 1 amide bonds. The van der Waals surface area contributed by atoms with Crippen LogP contribution < -0.4 is 5.32 Å². The lowest BCUT2D eigenvalue weighted by molar-refractivity contribution is -0.117. The summed E-state index contributed by atoms with van der Waals surface area (Å²) in [5.74, 6) is -0.234. The second-order valence-corrected chi connectivity index (χ2v) is 5.76. The van der Waals surface area contributed by atoms with Crippen LogP contribution in [0.25, 0.3) is 6.08 Å².